The van der Waals surface area contributed by atoms with Crippen LogP contribution in [0.2, 0.25) is 0 Å². The predicted molar refractivity (Wildman–Crippen MR) is 121 cm³/mol. The highest BCUT2D eigenvalue weighted by molar-refractivity contribution is 5.96. The van der Waals surface area contributed by atoms with Crippen molar-refractivity contribution in [3.05, 3.63) is 71.5 Å². The Balaban J connectivity index is 1.41. The summed E-state index contributed by atoms with van der Waals surface area (Å²) in [5, 5.41) is 15.6. The molecular formula is C24H23F3N4O4. The van der Waals surface area contributed by atoms with Gasteiger partial charge in [0, 0.05) is 18.8 Å². The molecular weight excluding hydrogens is 465 g/mol. The highest BCUT2D eigenvalue weighted by Gasteiger charge is 2.36. The second-order valence-corrected chi connectivity index (χ2v) is 7.96. The Morgan fingerprint density at radius 3 is 2.60 bits per heavy atom. The lowest BCUT2D eigenvalue weighted by molar-refractivity contribution is -0.143. The molecule has 0 aliphatic carbocycles. The number of fused-ring (bicyclic) bond motifs is 1. The van der Waals surface area contributed by atoms with Crippen molar-refractivity contribution in [1.82, 2.24) is 15.1 Å². The number of aromatic nitrogens is 2. The monoisotopic (exact) mass is 488 g/mol. The third kappa shape index (κ3) is 5.80. The molecule has 184 valence electrons. The summed E-state index contributed by atoms with van der Waals surface area (Å²) < 4.78 is 47.2. The minimum absolute atomic E-state index is 0.0244. The number of hydrogen-bond acceptors (Lipinski definition) is 5. The van der Waals surface area contributed by atoms with Gasteiger partial charge < -0.3 is 20.1 Å². The third-order valence-corrected chi connectivity index (χ3v) is 5.48. The first kappa shape index (κ1) is 24.3. The van der Waals surface area contributed by atoms with Crippen LogP contribution in [0, 0.1) is 0 Å². The van der Waals surface area contributed by atoms with Crippen molar-refractivity contribution < 1.29 is 32.6 Å². The topological polar surface area (TPSA) is 96.7 Å². The molecule has 0 fully saturated rings. The van der Waals surface area contributed by atoms with Crippen molar-refractivity contribution in [2.45, 2.75) is 25.6 Å². The van der Waals surface area contributed by atoms with Crippen LogP contribution in [-0.4, -0.2) is 46.4 Å². The van der Waals surface area contributed by atoms with E-state index in [2.05, 4.69) is 10.4 Å². The number of aliphatic carboxylic acids is 1. The van der Waals surface area contributed by atoms with E-state index >= 15 is 0 Å². The van der Waals surface area contributed by atoms with E-state index in [4.69, 9.17) is 9.84 Å². The summed E-state index contributed by atoms with van der Waals surface area (Å²) in [6.07, 6.45) is -4.04. The quantitative estimate of drug-likeness (QED) is 0.448. The molecule has 1 aromatic heterocycles. The van der Waals surface area contributed by atoms with Gasteiger partial charge in [0.1, 0.15) is 23.7 Å². The third-order valence-electron chi connectivity index (χ3n) is 5.48. The number of nitrogens with zero attached hydrogens (tertiary/aromatic N) is 3. The Labute approximate surface area is 198 Å². The Hall–Kier alpha value is -3.86. The summed E-state index contributed by atoms with van der Waals surface area (Å²) in [6, 6.07) is 14.2. The Morgan fingerprint density at radius 2 is 1.89 bits per heavy atom. The lowest BCUT2D eigenvalue weighted by Gasteiger charge is -2.18. The van der Waals surface area contributed by atoms with Crippen LogP contribution >= 0.6 is 0 Å². The molecule has 2 aromatic carbocycles. The fourth-order valence-electron chi connectivity index (χ4n) is 3.84. The van der Waals surface area contributed by atoms with Crippen molar-refractivity contribution in [2.24, 2.45) is 0 Å². The van der Waals surface area contributed by atoms with Crippen molar-refractivity contribution in [2.75, 3.05) is 24.5 Å². The number of carboxylic acid groups (broad SMARTS) is 1. The van der Waals surface area contributed by atoms with E-state index < -0.39 is 17.8 Å². The van der Waals surface area contributed by atoms with Crippen LogP contribution in [0.1, 0.15) is 23.4 Å². The van der Waals surface area contributed by atoms with Crippen LogP contribution in [0.25, 0.3) is 5.69 Å². The van der Waals surface area contributed by atoms with E-state index in [0.29, 0.717) is 24.4 Å². The van der Waals surface area contributed by atoms with Gasteiger partial charge in [-0.15, -0.1) is 0 Å². The standard InChI is InChI=1S/C24H23F3N4O4/c25-24(26,27)21-13-17(29-31(21)18-4-2-1-3-5-18)15-35-19-6-7-20-16(12-19)9-11-30(20)22(32)14-28-10-8-23(33)34/h1-7,12-13,28H,8-11,14-15H2,(H,33,34). The Morgan fingerprint density at radius 1 is 1.11 bits per heavy atom. The highest BCUT2D eigenvalue weighted by atomic mass is 19.4. The normalized spacial score (nSPS) is 13.1. The van der Waals surface area contributed by atoms with Crippen LogP contribution in [0.3, 0.4) is 0 Å². The maximum atomic E-state index is 13.5. The molecule has 0 atom stereocenters. The average molecular weight is 488 g/mol. The van der Waals surface area contributed by atoms with Gasteiger partial charge in [-0.1, -0.05) is 18.2 Å². The van der Waals surface area contributed by atoms with Crippen LogP contribution in [0.5, 0.6) is 5.75 Å². The first-order chi connectivity index (χ1) is 16.7. The lowest BCUT2D eigenvalue weighted by Crippen LogP contribution is -2.37. The fourth-order valence-corrected chi connectivity index (χ4v) is 3.84. The minimum atomic E-state index is -4.58. The largest absolute Gasteiger partial charge is 0.487 e. The van der Waals surface area contributed by atoms with Gasteiger partial charge in [-0.25, -0.2) is 4.68 Å². The molecule has 0 spiro atoms. The number of hydrogen-bond donors (Lipinski definition) is 2. The number of halogens is 3. The number of nitrogens with one attached hydrogen (secondary N) is 1. The van der Waals surface area contributed by atoms with Gasteiger partial charge in [0.05, 0.1) is 18.7 Å². The Bertz CT molecular complexity index is 1210. The second kappa shape index (κ2) is 10.2. The van der Waals surface area contributed by atoms with Gasteiger partial charge in [-0.3, -0.25) is 9.59 Å². The summed E-state index contributed by atoms with van der Waals surface area (Å²) in [5.41, 5.74) is 1.15. The molecule has 0 radical (unpaired) electrons. The van der Waals surface area contributed by atoms with E-state index in [1.165, 1.54) is 0 Å². The molecule has 4 rings (SSSR count). The molecule has 1 aliphatic rings. The summed E-state index contributed by atoms with van der Waals surface area (Å²) in [7, 11) is 0. The number of carbonyl (C=O) groups is 2. The zero-order valence-electron chi connectivity index (χ0n) is 18.6. The molecule has 1 amide bonds. The van der Waals surface area contributed by atoms with E-state index in [0.717, 1.165) is 22.0 Å². The number of carbonyl (C=O) groups excluding carboxylic acids is 1. The number of amides is 1. The SMILES string of the molecule is O=C(O)CCNCC(=O)N1CCc2cc(OCc3cc(C(F)(F)F)n(-c4ccccc4)n3)ccc21. The molecule has 0 saturated heterocycles. The molecule has 35 heavy (non-hydrogen) atoms. The fraction of sp³-hybridized carbons (Fsp3) is 0.292. The van der Waals surface area contributed by atoms with Gasteiger partial charge in [-0.2, -0.15) is 18.3 Å². The van der Waals surface area contributed by atoms with Crippen molar-refractivity contribution >= 4 is 17.6 Å². The number of carboxylic acids is 1. The predicted octanol–water partition coefficient (Wildman–Crippen LogP) is 3.42. The molecule has 0 saturated carbocycles. The van der Waals surface area contributed by atoms with Gasteiger partial charge >= 0.3 is 12.1 Å². The molecule has 8 nitrogen and oxygen atoms in total. The summed E-state index contributed by atoms with van der Waals surface area (Å²) in [6.45, 7) is 0.549. The number of ether oxygens (including phenoxy) is 1. The summed E-state index contributed by atoms with van der Waals surface area (Å²) in [5.74, 6) is -0.653. The number of para-hydroxylation sites is 1. The van der Waals surface area contributed by atoms with Crippen molar-refractivity contribution in [3.63, 3.8) is 0 Å². The molecule has 1 aliphatic heterocycles. The van der Waals surface area contributed by atoms with Crippen LogP contribution in [0.4, 0.5) is 18.9 Å². The number of benzene rings is 2. The maximum Gasteiger partial charge on any atom is 0.433 e. The first-order valence-corrected chi connectivity index (χ1v) is 10.9. The van der Waals surface area contributed by atoms with E-state index in [-0.39, 0.29) is 37.7 Å². The van der Waals surface area contributed by atoms with E-state index in [1.807, 2.05) is 0 Å². The number of rotatable bonds is 9. The van der Waals surface area contributed by atoms with Gasteiger partial charge in [0.15, 0.2) is 0 Å². The highest BCUT2D eigenvalue weighted by Crippen LogP contribution is 2.33. The van der Waals surface area contributed by atoms with Crippen molar-refractivity contribution in [3.8, 4) is 11.4 Å². The molecule has 2 N–H and O–H groups in total. The van der Waals surface area contributed by atoms with Gasteiger partial charge in [0.25, 0.3) is 0 Å². The maximum absolute atomic E-state index is 13.5. The van der Waals surface area contributed by atoms with Gasteiger partial charge in [0.2, 0.25) is 5.91 Å². The smallest absolute Gasteiger partial charge is 0.433 e. The summed E-state index contributed by atoms with van der Waals surface area (Å²) >= 11 is 0. The lowest BCUT2D eigenvalue weighted by atomic mass is 10.1. The molecule has 2 heterocycles. The van der Waals surface area contributed by atoms with Crippen LogP contribution in [0.15, 0.2) is 54.6 Å². The van der Waals surface area contributed by atoms with Gasteiger partial charge in [-0.05, 0) is 48.4 Å². The molecule has 0 unspecified atom stereocenters. The zero-order chi connectivity index (χ0) is 25.0. The van der Waals surface area contributed by atoms with Crippen molar-refractivity contribution in [1.29, 1.82) is 0 Å². The minimum Gasteiger partial charge on any atom is -0.487 e. The molecule has 0 bridgehead atoms. The van der Waals surface area contributed by atoms with E-state index in [9.17, 15) is 22.8 Å². The van der Waals surface area contributed by atoms with Crippen LogP contribution in [-0.2, 0) is 28.8 Å². The number of anilines is 1. The van der Waals surface area contributed by atoms with Crippen LogP contribution < -0.4 is 15.0 Å². The Kier molecular flexibility index (Phi) is 7.06. The zero-order valence-corrected chi connectivity index (χ0v) is 18.6. The average Bonchev–Trinajstić information content (AvgIpc) is 3.45. The first-order valence-electron chi connectivity index (χ1n) is 10.9. The number of alkyl halides is 3. The molecule has 11 heteroatoms. The molecule has 3 aromatic rings. The van der Waals surface area contributed by atoms with E-state index in [1.54, 1.807) is 53.4 Å². The summed E-state index contributed by atoms with van der Waals surface area (Å²) in [4.78, 5) is 24.6. The second-order valence-electron chi connectivity index (χ2n) is 7.96.